The zero-order valence-corrected chi connectivity index (χ0v) is 11.7. The van der Waals surface area contributed by atoms with Crippen molar-refractivity contribution in [2.45, 2.75) is 24.0 Å². The third-order valence-corrected chi connectivity index (χ3v) is 4.68. The van der Waals surface area contributed by atoms with Crippen molar-refractivity contribution in [3.8, 4) is 0 Å². The van der Waals surface area contributed by atoms with Crippen molar-refractivity contribution >= 4 is 15.7 Å². The number of para-hydroxylation sites is 1. The number of nitrogens with zero attached hydrogens (tertiary/aromatic N) is 1. The summed E-state index contributed by atoms with van der Waals surface area (Å²) in [7, 11) is -3.88. The van der Waals surface area contributed by atoms with Gasteiger partial charge in [0.05, 0.1) is 11.8 Å². The number of aliphatic hydroxyl groups excluding tert-OH is 1. The molecule has 0 aromatic heterocycles. The highest BCUT2D eigenvalue weighted by Crippen LogP contribution is 2.30. The van der Waals surface area contributed by atoms with Crippen LogP contribution in [-0.4, -0.2) is 44.1 Å². The number of sulfonamides is 1. The van der Waals surface area contributed by atoms with E-state index < -0.39 is 34.1 Å². The summed E-state index contributed by atoms with van der Waals surface area (Å²) < 4.78 is 60.5. The molecule has 1 aliphatic rings. The SMILES string of the molecule is NS(=O)(=O)[C@@H]1Cc2ccccc2N(C[C@H](O)C(F)(F)F)C1. The molecule has 2 atom stereocenters. The summed E-state index contributed by atoms with van der Waals surface area (Å²) >= 11 is 0. The van der Waals surface area contributed by atoms with Crippen molar-refractivity contribution < 1.29 is 26.7 Å². The van der Waals surface area contributed by atoms with Crippen LogP contribution in [0.25, 0.3) is 0 Å². The van der Waals surface area contributed by atoms with Crippen LogP contribution in [0.15, 0.2) is 24.3 Å². The van der Waals surface area contributed by atoms with E-state index in [1.54, 1.807) is 24.3 Å². The van der Waals surface area contributed by atoms with Crippen LogP contribution in [0.4, 0.5) is 18.9 Å². The number of primary sulfonamides is 1. The first-order chi connectivity index (χ1) is 9.59. The Morgan fingerprint density at radius 1 is 1.38 bits per heavy atom. The highest BCUT2D eigenvalue weighted by atomic mass is 32.2. The van der Waals surface area contributed by atoms with Crippen molar-refractivity contribution in [3.63, 3.8) is 0 Å². The minimum atomic E-state index is -4.76. The topological polar surface area (TPSA) is 83.6 Å². The number of nitrogens with two attached hydrogens (primary N) is 1. The predicted molar refractivity (Wildman–Crippen MR) is 71.3 cm³/mol. The molecule has 2 rings (SSSR count). The monoisotopic (exact) mass is 324 g/mol. The van der Waals surface area contributed by atoms with Gasteiger partial charge < -0.3 is 10.0 Å². The van der Waals surface area contributed by atoms with Crippen LogP contribution in [0.1, 0.15) is 5.56 Å². The fraction of sp³-hybridized carbons (Fsp3) is 0.500. The Kier molecular flexibility index (Phi) is 4.18. The Labute approximate surface area is 120 Å². The molecule has 5 nitrogen and oxygen atoms in total. The highest BCUT2D eigenvalue weighted by molar-refractivity contribution is 7.89. The fourth-order valence-corrected chi connectivity index (χ4v) is 3.15. The van der Waals surface area contributed by atoms with E-state index in [4.69, 9.17) is 5.14 Å². The van der Waals surface area contributed by atoms with Crippen molar-refractivity contribution in [2.24, 2.45) is 5.14 Å². The number of aliphatic hydroxyl groups is 1. The molecular weight excluding hydrogens is 309 g/mol. The van der Waals surface area contributed by atoms with E-state index in [0.717, 1.165) is 0 Å². The molecule has 1 heterocycles. The Hall–Kier alpha value is -1.32. The second kappa shape index (κ2) is 5.47. The Morgan fingerprint density at radius 3 is 2.57 bits per heavy atom. The van der Waals surface area contributed by atoms with Crippen molar-refractivity contribution in [2.75, 3.05) is 18.0 Å². The molecule has 0 radical (unpaired) electrons. The second-order valence-electron chi connectivity index (χ2n) is 5.01. The van der Waals surface area contributed by atoms with Crippen molar-refractivity contribution in [1.82, 2.24) is 0 Å². The smallest absolute Gasteiger partial charge is 0.382 e. The van der Waals surface area contributed by atoms with Gasteiger partial charge in [0.15, 0.2) is 6.10 Å². The Balaban J connectivity index is 2.31. The molecule has 0 aliphatic carbocycles. The lowest BCUT2D eigenvalue weighted by Crippen LogP contribution is -2.49. The molecule has 118 valence electrons. The molecule has 0 saturated heterocycles. The summed E-state index contributed by atoms with van der Waals surface area (Å²) in [5, 5.41) is 13.3. The molecule has 0 saturated carbocycles. The second-order valence-corrected chi connectivity index (χ2v) is 6.85. The molecule has 0 bridgehead atoms. The van der Waals surface area contributed by atoms with Gasteiger partial charge in [-0.05, 0) is 18.1 Å². The average molecular weight is 324 g/mol. The standard InChI is InChI=1S/C12H15F3N2O3S/c13-12(14,15)11(18)7-17-6-9(21(16,19)20)5-8-3-1-2-4-10(8)17/h1-4,9,11,18H,5-7H2,(H2,16,19,20)/t9-,11+/m1/s1. The van der Waals surface area contributed by atoms with Crippen molar-refractivity contribution in [3.05, 3.63) is 29.8 Å². The van der Waals surface area contributed by atoms with Gasteiger partial charge in [-0.25, -0.2) is 13.6 Å². The molecule has 9 heteroatoms. The summed E-state index contributed by atoms with van der Waals surface area (Å²) in [5.41, 5.74) is 1.08. The minimum Gasteiger partial charge on any atom is -0.382 e. The number of hydrogen-bond acceptors (Lipinski definition) is 4. The van der Waals surface area contributed by atoms with Crippen LogP contribution >= 0.6 is 0 Å². The lowest BCUT2D eigenvalue weighted by molar-refractivity contribution is -0.200. The van der Waals surface area contributed by atoms with Gasteiger partial charge in [0.25, 0.3) is 0 Å². The van der Waals surface area contributed by atoms with Crippen LogP contribution in [0.2, 0.25) is 0 Å². The molecule has 1 aromatic carbocycles. The van der Waals surface area contributed by atoms with Gasteiger partial charge in [0.2, 0.25) is 10.0 Å². The van der Waals surface area contributed by atoms with E-state index >= 15 is 0 Å². The van der Waals surface area contributed by atoms with E-state index in [9.17, 15) is 26.7 Å². The first kappa shape index (κ1) is 16.1. The van der Waals surface area contributed by atoms with Gasteiger partial charge in [0, 0.05) is 12.2 Å². The Bertz CT molecular complexity index is 618. The van der Waals surface area contributed by atoms with Gasteiger partial charge in [-0.1, -0.05) is 18.2 Å². The number of fused-ring (bicyclic) bond motifs is 1. The van der Waals surface area contributed by atoms with E-state index in [1.807, 2.05) is 0 Å². The molecule has 21 heavy (non-hydrogen) atoms. The molecule has 0 unspecified atom stereocenters. The molecule has 1 aromatic rings. The van der Waals surface area contributed by atoms with E-state index in [0.29, 0.717) is 11.3 Å². The number of β-amino-alcohol motifs (C(OH)–C–C–N with tert-alkyl or cyclic N) is 1. The third kappa shape index (κ3) is 3.66. The first-order valence-electron chi connectivity index (χ1n) is 6.18. The minimum absolute atomic E-state index is 0.146. The maximum atomic E-state index is 12.5. The summed E-state index contributed by atoms with van der Waals surface area (Å²) in [6.07, 6.45) is -7.17. The van der Waals surface area contributed by atoms with Crippen LogP contribution in [-0.2, 0) is 16.4 Å². The van der Waals surface area contributed by atoms with Gasteiger partial charge in [0.1, 0.15) is 0 Å². The number of anilines is 1. The first-order valence-corrected chi connectivity index (χ1v) is 7.79. The van der Waals surface area contributed by atoms with Gasteiger partial charge in [-0.3, -0.25) is 0 Å². The molecule has 0 amide bonds. The van der Waals surface area contributed by atoms with Gasteiger partial charge in [-0.2, -0.15) is 13.2 Å². The third-order valence-electron chi connectivity index (χ3n) is 3.44. The largest absolute Gasteiger partial charge is 0.416 e. The number of rotatable bonds is 3. The lowest BCUT2D eigenvalue weighted by atomic mass is 10.0. The van der Waals surface area contributed by atoms with Crippen LogP contribution in [0.3, 0.4) is 0 Å². The number of benzene rings is 1. The Morgan fingerprint density at radius 2 is 2.00 bits per heavy atom. The summed E-state index contributed by atoms with van der Waals surface area (Å²) in [4.78, 5) is 1.21. The number of hydrogen-bond donors (Lipinski definition) is 2. The average Bonchev–Trinajstić information content (AvgIpc) is 2.36. The van der Waals surface area contributed by atoms with Gasteiger partial charge >= 0.3 is 6.18 Å². The zero-order chi connectivity index (χ0) is 15.8. The molecule has 0 fully saturated rings. The normalized spacial score (nSPS) is 21.0. The zero-order valence-electron chi connectivity index (χ0n) is 10.9. The van der Waals surface area contributed by atoms with Crippen LogP contribution < -0.4 is 10.0 Å². The molecule has 0 spiro atoms. The maximum Gasteiger partial charge on any atom is 0.416 e. The summed E-state index contributed by atoms with van der Waals surface area (Å²) in [6, 6.07) is 6.54. The van der Waals surface area contributed by atoms with E-state index in [1.165, 1.54) is 4.90 Å². The molecule has 1 aliphatic heterocycles. The van der Waals surface area contributed by atoms with E-state index in [2.05, 4.69) is 0 Å². The predicted octanol–water partition coefficient (Wildman–Crippen LogP) is 0.629. The number of halogens is 3. The van der Waals surface area contributed by atoms with Crippen LogP contribution in [0, 0.1) is 0 Å². The molecule has 3 N–H and O–H groups in total. The van der Waals surface area contributed by atoms with Gasteiger partial charge in [-0.15, -0.1) is 0 Å². The number of alkyl halides is 3. The highest BCUT2D eigenvalue weighted by Gasteiger charge is 2.41. The van der Waals surface area contributed by atoms with Crippen LogP contribution in [0.5, 0.6) is 0 Å². The summed E-state index contributed by atoms with van der Waals surface area (Å²) in [5.74, 6) is 0. The quantitative estimate of drug-likeness (QED) is 0.854. The lowest BCUT2D eigenvalue weighted by Gasteiger charge is -2.36. The van der Waals surface area contributed by atoms with Crippen molar-refractivity contribution in [1.29, 1.82) is 0 Å². The maximum absolute atomic E-state index is 12.5. The summed E-state index contributed by atoms with van der Waals surface area (Å²) in [6.45, 7) is -0.907. The molecular formula is C12H15F3N2O3S. The fourth-order valence-electron chi connectivity index (χ4n) is 2.35. The van der Waals surface area contributed by atoms with E-state index in [-0.39, 0.29) is 13.0 Å².